The van der Waals surface area contributed by atoms with Crippen LogP contribution >= 0.6 is 0 Å². The zero-order chi connectivity index (χ0) is 11.9. The zero-order valence-corrected chi connectivity index (χ0v) is 11.7. The molecule has 0 unspecified atom stereocenters. The summed E-state index contributed by atoms with van der Waals surface area (Å²) in [7, 11) is 2.13. The van der Waals surface area contributed by atoms with Crippen LogP contribution < -0.4 is 5.32 Å². The Balaban J connectivity index is 3.19. The Morgan fingerprint density at radius 1 is 1.00 bits per heavy atom. The van der Waals surface area contributed by atoms with E-state index < -0.39 is 0 Å². The molecule has 0 heterocycles. The van der Waals surface area contributed by atoms with Crippen LogP contribution in [0.25, 0.3) is 0 Å². The summed E-state index contributed by atoms with van der Waals surface area (Å²) in [6.07, 6.45) is 4.08. The molecule has 1 nitrogen and oxygen atoms in total. The van der Waals surface area contributed by atoms with Gasteiger partial charge in [0.25, 0.3) is 0 Å². The first-order valence-corrected chi connectivity index (χ1v) is 6.34. The summed E-state index contributed by atoms with van der Waals surface area (Å²) in [5.41, 5.74) is 1.17. The van der Waals surface area contributed by atoms with E-state index in [0.29, 0.717) is 22.3 Å². The predicted molar refractivity (Wildman–Crippen MR) is 68.0 cm³/mol. The molecule has 0 aliphatic heterocycles. The lowest BCUT2D eigenvalue weighted by Crippen LogP contribution is -2.55. The van der Waals surface area contributed by atoms with E-state index in [2.05, 4.69) is 53.9 Å². The van der Waals surface area contributed by atoms with Gasteiger partial charge < -0.3 is 5.32 Å². The number of nitrogens with one attached hydrogen (secondary N) is 1. The summed E-state index contributed by atoms with van der Waals surface area (Å²) in [4.78, 5) is 0. The highest BCUT2D eigenvalue weighted by atomic mass is 14.9. The summed E-state index contributed by atoms with van der Waals surface area (Å²) in [6, 6.07) is 0.678. The number of hydrogen-bond acceptors (Lipinski definition) is 1. The van der Waals surface area contributed by atoms with E-state index in [1.165, 1.54) is 19.3 Å². The SMILES string of the molecule is CN[C@@H]1CCCC1(C(C)(C)C)C(C)(C)C. The molecule has 1 saturated carbocycles. The molecule has 0 aromatic heterocycles. The van der Waals surface area contributed by atoms with Crippen LogP contribution in [0.2, 0.25) is 0 Å². The van der Waals surface area contributed by atoms with Crippen LogP contribution in [0.1, 0.15) is 60.8 Å². The van der Waals surface area contributed by atoms with Gasteiger partial charge in [-0.05, 0) is 36.1 Å². The van der Waals surface area contributed by atoms with Gasteiger partial charge in [0.05, 0.1) is 0 Å². The average Bonchev–Trinajstić information content (AvgIpc) is 2.44. The van der Waals surface area contributed by atoms with Gasteiger partial charge in [0.15, 0.2) is 0 Å². The van der Waals surface area contributed by atoms with Crippen molar-refractivity contribution in [3.8, 4) is 0 Å². The highest BCUT2D eigenvalue weighted by Crippen LogP contribution is 2.60. The Labute approximate surface area is 96.0 Å². The fourth-order valence-electron chi connectivity index (χ4n) is 4.32. The first-order valence-electron chi connectivity index (χ1n) is 6.34. The van der Waals surface area contributed by atoms with Crippen molar-refractivity contribution < 1.29 is 0 Å². The van der Waals surface area contributed by atoms with Gasteiger partial charge in [-0.15, -0.1) is 0 Å². The maximum absolute atomic E-state index is 3.57. The van der Waals surface area contributed by atoms with Crippen LogP contribution in [0.5, 0.6) is 0 Å². The highest BCUT2D eigenvalue weighted by molar-refractivity contribution is 5.08. The standard InChI is InChI=1S/C14H29N/c1-12(2,3)14(13(4,5)6)10-8-9-11(14)15-7/h11,15H,8-10H2,1-7H3/t11-/m1/s1. The molecule has 0 amide bonds. The van der Waals surface area contributed by atoms with Crippen molar-refractivity contribution in [3.63, 3.8) is 0 Å². The summed E-state index contributed by atoms with van der Waals surface area (Å²) in [6.45, 7) is 14.5. The summed E-state index contributed by atoms with van der Waals surface area (Å²) in [5, 5.41) is 3.57. The van der Waals surface area contributed by atoms with Crippen molar-refractivity contribution in [1.29, 1.82) is 0 Å². The second-order valence-corrected chi connectivity index (χ2v) is 7.20. The minimum Gasteiger partial charge on any atom is -0.316 e. The molecule has 1 N–H and O–H groups in total. The summed E-state index contributed by atoms with van der Waals surface area (Å²) in [5.74, 6) is 0. The minimum absolute atomic E-state index is 0.370. The molecule has 1 aliphatic carbocycles. The third-order valence-electron chi connectivity index (χ3n) is 4.68. The smallest absolute Gasteiger partial charge is 0.0130 e. The molecule has 0 spiro atoms. The van der Waals surface area contributed by atoms with Gasteiger partial charge in [-0.25, -0.2) is 0 Å². The van der Waals surface area contributed by atoms with Crippen LogP contribution in [-0.2, 0) is 0 Å². The highest BCUT2D eigenvalue weighted by Gasteiger charge is 2.56. The van der Waals surface area contributed by atoms with Crippen molar-refractivity contribution in [2.75, 3.05) is 7.05 Å². The lowest BCUT2D eigenvalue weighted by Gasteiger charge is -2.55. The zero-order valence-electron chi connectivity index (χ0n) is 11.7. The van der Waals surface area contributed by atoms with E-state index in [4.69, 9.17) is 0 Å². The maximum Gasteiger partial charge on any atom is 0.0130 e. The number of rotatable bonds is 1. The van der Waals surface area contributed by atoms with Crippen molar-refractivity contribution in [3.05, 3.63) is 0 Å². The topological polar surface area (TPSA) is 12.0 Å². The Kier molecular flexibility index (Phi) is 3.27. The second-order valence-electron chi connectivity index (χ2n) is 7.20. The van der Waals surface area contributed by atoms with Crippen LogP contribution in [0.3, 0.4) is 0 Å². The fourth-order valence-corrected chi connectivity index (χ4v) is 4.32. The van der Waals surface area contributed by atoms with E-state index in [9.17, 15) is 0 Å². The largest absolute Gasteiger partial charge is 0.316 e. The first-order chi connectivity index (χ1) is 6.67. The molecule has 1 atom stereocenters. The molecule has 0 saturated heterocycles. The lowest BCUT2D eigenvalue weighted by atomic mass is 9.51. The average molecular weight is 211 g/mol. The lowest BCUT2D eigenvalue weighted by molar-refractivity contribution is -0.0473. The van der Waals surface area contributed by atoms with E-state index in [1.54, 1.807) is 0 Å². The van der Waals surface area contributed by atoms with Crippen LogP contribution in [0.4, 0.5) is 0 Å². The van der Waals surface area contributed by atoms with Gasteiger partial charge in [0, 0.05) is 6.04 Å². The molecular formula is C14H29N. The Hall–Kier alpha value is -0.0400. The van der Waals surface area contributed by atoms with Crippen molar-refractivity contribution in [2.45, 2.75) is 66.8 Å². The van der Waals surface area contributed by atoms with E-state index in [-0.39, 0.29) is 0 Å². The molecule has 1 fully saturated rings. The molecule has 0 aromatic carbocycles. The van der Waals surface area contributed by atoms with Crippen molar-refractivity contribution in [2.24, 2.45) is 16.2 Å². The van der Waals surface area contributed by atoms with E-state index in [1.807, 2.05) is 0 Å². The van der Waals surface area contributed by atoms with Crippen LogP contribution in [0.15, 0.2) is 0 Å². The summed E-state index contributed by atoms with van der Waals surface area (Å²) < 4.78 is 0. The molecule has 1 rings (SSSR count). The molecule has 0 radical (unpaired) electrons. The molecule has 0 bridgehead atoms. The fraction of sp³-hybridized carbons (Fsp3) is 1.00. The monoisotopic (exact) mass is 211 g/mol. The maximum atomic E-state index is 3.57. The Morgan fingerprint density at radius 3 is 1.73 bits per heavy atom. The third-order valence-corrected chi connectivity index (χ3v) is 4.68. The Morgan fingerprint density at radius 2 is 1.47 bits per heavy atom. The van der Waals surface area contributed by atoms with Gasteiger partial charge in [-0.2, -0.15) is 0 Å². The Bertz CT molecular complexity index is 202. The molecule has 15 heavy (non-hydrogen) atoms. The molecular weight excluding hydrogens is 182 g/mol. The third kappa shape index (κ3) is 1.84. The molecule has 0 aromatic rings. The molecule has 1 heteroatoms. The van der Waals surface area contributed by atoms with Crippen LogP contribution in [0, 0.1) is 16.2 Å². The molecule has 90 valence electrons. The minimum atomic E-state index is 0.370. The van der Waals surface area contributed by atoms with Gasteiger partial charge in [-0.1, -0.05) is 48.0 Å². The van der Waals surface area contributed by atoms with Crippen LogP contribution in [-0.4, -0.2) is 13.1 Å². The van der Waals surface area contributed by atoms with Gasteiger partial charge >= 0.3 is 0 Å². The van der Waals surface area contributed by atoms with Crippen molar-refractivity contribution >= 4 is 0 Å². The first kappa shape index (κ1) is 13.0. The number of hydrogen-bond donors (Lipinski definition) is 1. The van der Waals surface area contributed by atoms with Gasteiger partial charge in [-0.3, -0.25) is 0 Å². The predicted octanol–water partition coefficient (Wildman–Crippen LogP) is 3.84. The summed E-state index contributed by atoms with van der Waals surface area (Å²) >= 11 is 0. The van der Waals surface area contributed by atoms with Gasteiger partial charge in [0.1, 0.15) is 0 Å². The van der Waals surface area contributed by atoms with E-state index >= 15 is 0 Å². The quantitative estimate of drug-likeness (QED) is 0.695. The van der Waals surface area contributed by atoms with Crippen molar-refractivity contribution in [1.82, 2.24) is 5.32 Å². The molecule has 1 aliphatic rings. The normalized spacial score (nSPS) is 27.0. The van der Waals surface area contributed by atoms with Gasteiger partial charge in [0.2, 0.25) is 0 Å². The van der Waals surface area contributed by atoms with E-state index in [0.717, 1.165) is 0 Å². The second kappa shape index (κ2) is 3.76.